The number of amides is 1. The number of carbonyl (C=O) groups excluding carboxylic acids is 1. The first-order chi connectivity index (χ1) is 8.58. The van der Waals surface area contributed by atoms with Gasteiger partial charge in [-0.3, -0.25) is 4.79 Å². The summed E-state index contributed by atoms with van der Waals surface area (Å²) in [4.78, 5) is 11.8. The molecule has 100 valence electrons. The third kappa shape index (κ3) is 3.90. The average Bonchev–Trinajstić information content (AvgIpc) is 2.34. The van der Waals surface area contributed by atoms with Crippen LogP contribution in [0.1, 0.15) is 10.4 Å². The van der Waals surface area contributed by atoms with Crippen LogP contribution in [-0.2, 0) is 9.47 Å². The lowest BCUT2D eigenvalue weighted by molar-refractivity contribution is 0.0285. The van der Waals surface area contributed by atoms with Crippen molar-refractivity contribution in [3.05, 3.63) is 23.8 Å². The second-order valence-corrected chi connectivity index (χ2v) is 3.72. The highest BCUT2D eigenvalue weighted by atomic mass is 16.5. The van der Waals surface area contributed by atoms with E-state index in [-0.39, 0.29) is 29.7 Å². The molecular weight excluding hydrogens is 238 g/mol. The zero-order chi connectivity index (χ0) is 13.5. The second kappa shape index (κ2) is 6.83. The van der Waals surface area contributed by atoms with Crippen LogP contribution in [0.3, 0.4) is 0 Å². The average molecular weight is 255 g/mol. The molecule has 1 aromatic carbocycles. The van der Waals surface area contributed by atoms with Gasteiger partial charge in [-0.2, -0.15) is 0 Å². The summed E-state index contributed by atoms with van der Waals surface area (Å²) >= 11 is 0. The standard InChI is InChI=1S/C12H17NO5/c1-17-7-9(18-2)6-13-12(16)10-4-3-8(14)5-11(10)15/h3-5,9,14-15H,6-7H2,1-2H3,(H,13,16). The minimum Gasteiger partial charge on any atom is -0.508 e. The fraction of sp³-hybridized carbons (Fsp3) is 0.417. The van der Waals surface area contributed by atoms with Crippen LogP contribution in [0.2, 0.25) is 0 Å². The number of phenolic OH excluding ortho intramolecular Hbond substituents is 2. The molecule has 0 bridgehead atoms. The molecule has 1 atom stereocenters. The molecule has 0 radical (unpaired) electrons. The van der Waals surface area contributed by atoms with Crippen LogP contribution in [0.5, 0.6) is 11.5 Å². The van der Waals surface area contributed by atoms with Gasteiger partial charge < -0.3 is 25.0 Å². The number of benzene rings is 1. The molecule has 6 heteroatoms. The molecule has 1 rings (SSSR count). The topological polar surface area (TPSA) is 88.0 Å². The Labute approximate surface area is 105 Å². The molecular formula is C12H17NO5. The number of methoxy groups -OCH3 is 2. The molecule has 0 aromatic heterocycles. The Balaban J connectivity index is 2.59. The van der Waals surface area contributed by atoms with Crippen LogP contribution in [-0.4, -0.2) is 49.6 Å². The van der Waals surface area contributed by atoms with Crippen LogP contribution in [0, 0.1) is 0 Å². The normalized spacial score (nSPS) is 12.1. The van der Waals surface area contributed by atoms with Crippen molar-refractivity contribution in [2.24, 2.45) is 0 Å². The maximum atomic E-state index is 11.8. The Morgan fingerprint density at radius 2 is 2.11 bits per heavy atom. The van der Waals surface area contributed by atoms with E-state index in [1.807, 2.05) is 0 Å². The number of aromatic hydroxyl groups is 2. The number of hydrogen-bond donors (Lipinski definition) is 3. The monoisotopic (exact) mass is 255 g/mol. The van der Waals surface area contributed by atoms with E-state index in [1.165, 1.54) is 19.2 Å². The van der Waals surface area contributed by atoms with E-state index in [9.17, 15) is 9.90 Å². The van der Waals surface area contributed by atoms with Gasteiger partial charge in [-0.05, 0) is 12.1 Å². The van der Waals surface area contributed by atoms with Crippen LogP contribution < -0.4 is 5.32 Å². The molecule has 0 heterocycles. The number of rotatable bonds is 6. The fourth-order valence-electron chi connectivity index (χ4n) is 1.41. The summed E-state index contributed by atoms with van der Waals surface area (Å²) in [7, 11) is 3.06. The predicted octanol–water partition coefficient (Wildman–Crippen LogP) is 0.489. The van der Waals surface area contributed by atoms with Gasteiger partial charge in [0.25, 0.3) is 5.91 Å². The Morgan fingerprint density at radius 1 is 1.39 bits per heavy atom. The summed E-state index contributed by atoms with van der Waals surface area (Å²) < 4.78 is 10.00. The molecule has 0 aliphatic carbocycles. The molecule has 3 N–H and O–H groups in total. The summed E-state index contributed by atoms with van der Waals surface area (Å²) in [6.07, 6.45) is -0.252. The highest BCUT2D eigenvalue weighted by Gasteiger charge is 2.14. The zero-order valence-corrected chi connectivity index (χ0v) is 10.3. The minimum atomic E-state index is -0.439. The van der Waals surface area contributed by atoms with Crippen LogP contribution in [0.25, 0.3) is 0 Å². The van der Waals surface area contributed by atoms with Crippen molar-refractivity contribution in [2.45, 2.75) is 6.10 Å². The Hall–Kier alpha value is -1.79. The van der Waals surface area contributed by atoms with Gasteiger partial charge in [-0.1, -0.05) is 0 Å². The van der Waals surface area contributed by atoms with Gasteiger partial charge in [0.05, 0.1) is 18.3 Å². The van der Waals surface area contributed by atoms with Crippen molar-refractivity contribution >= 4 is 5.91 Å². The van der Waals surface area contributed by atoms with Crippen LogP contribution in [0.4, 0.5) is 0 Å². The van der Waals surface area contributed by atoms with Gasteiger partial charge in [0.15, 0.2) is 0 Å². The van der Waals surface area contributed by atoms with Crippen molar-refractivity contribution < 1.29 is 24.5 Å². The third-order valence-electron chi connectivity index (χ3n) is 2.40. The lowest BCUT2D eigenvalue weighted by Gasteiger charge is -2.15. The molecule has 1 unspecified atom stereocenters. The molecule has 0 aliphatic rings. The van der Waals surface area contributed by atoms with Crippen molar-refractivity contribution in [1.82, 2.24) is 5.32 Å². The predicted molar refractivity (Wildman–Crippen MR) is 64.8 cm³/mol. The number of nitrogens with one attached hydrogen (secondary N) is 1. The number of carbonyl (C=O) groups is 1. The van der Waals surface area contributed by atoms with E-state index < -0.39 is 5.91 Å². The maximum absolute atomic E-state index is 11.8. The first kappa shape index (κ1) is 14.3. The Bertz CT molecular complexity index is 407. The van der Waals surface area contributed by atoms with Gasteiger partial charge in [0.2, 0.25) is 0 Å². The van der Waals surface area contributed by atoms with Crippen molar-refractivity contribution in [3.8, 4) is 11.5 Å². The molecule has 0 aliphatic heterocycles. The minimum absolute atomic E-state index is 0.0973. The summed E-state index contributed by atoms with van der Waals surface area (Å²) in [6.45, 7) is 0.627. The number of hydrogen-bond acceptors (Lipinski definition) is 5. The quantitative estimate of drug-likeness (QED) is 0.688. The number of ether oxygens (including phenoxy) is 2. The summed E-state index contributed by atoms with van der Waals surface area (Å²) in [5, 5.41) is 21.2. The van der Waals surface area contributed by atoms with Crippen molar-refractivity contribution in [3.63, 3.8) is 0 Å². The highest BCUT2D eigenvalue weighted by molar-refractivity contribution is 5.96. The Kier molecular flexibility index (Phi) is 5.41. The van der Waals surface area contributed by atoms with Gasteiger partial charge >= 0.3 is 0 Å². The molecule has 0 fully saturated rings. The lowest BCUT2D eigenvalue weighted by atomic mass is 10.1. The van der Waals surface area contributed by atoms with Crippen LogP contribution in [0.15, 0.2) is 18.2 Å². The largest absolute Gasteiger partial charge is 0.508 e. The molecule has 1 amide bonds. The molecule has 0 spiro atoms. The lowest BCUT2D eigenvalue weighted by Crippen LogP contribution is -2.35. The first-order valence-corrected chi connectivity index (χ1v) is 5.40. The zero-order valence-electron chi connectivity index (χ0n) is 10.3. The van der Waals surface area contributed by atoms with E-state index in [2.05, 4.69) is 5.32 Å². The Morgan fingerprint density at radius 3 is 2.67 bits per heavy atom. The van der Waals surface area contributed by atoms with E-state index >= 15 is 0 Å². The molecule has 0 saturated carbocycles. The van der Waals surface area contributed by atoms with Crippen molar-refractivity contribution in [2.75, 3.05) is 27.4 Å². The SMILES string of the molecule is COCC(CNC(=O)c1ccc(O)cc1O)OC. The highest BCUT2D eigenvalue weighted by Crippen LogP contribution is 2.22. The summed E-state index contributed by atoms with van der Waals surface area (Å²) in [5.41, 5.74) is 0.0973. The first-order valence-electron chi connectivity index (χ1n) is 5.40. The summed E-state index contributed by atoms with van der Waals surface area (Å²) in [6, 6.07) is 3.79. The van der Waals surface area contributed by atoms with Gasteiger partial charge in [-0.25, -0.2) is 0 Å². The van der Waals surface area contributed by atoms with Crippen molar-refractivity contribution in [1.29, 1.82) is 0 Å². The van der Waals surface area contributed by atoms with Gasteiger partial charge in [-0.15, -0.1) is 0 Å². The van der Waals surface area contributed by atoms with Crippen LogP contribution >= 0.6 is 0 Å². The molecule has 6 nitrogen and oxygen atoms in total. The summed E-state index contributed by atoms with van der Waals surface area (Å²) in [5.74, 6) is -0.808. The van der Waals surface area contributed by atoms with Gasteiger partial charge in [0.1, 0.15) is 11.5 Å². The van der Waals surface area contributed by atoms with E-state index in [0.29, 0.717) is 6.61 Å². The molecule has 1 aromatic rings. The molecule has 0 saturated heterocycles. The van der Waals surface area contributed by atoms with E-state index in [0.717, 1.165) is 6.07 Å². The second-order valence-electron chi connectivity index (χ2n) is 3.72. The fourth-order valence-corrected chi connectivity index (χ4v) is 1.41. The number of phenols is 2. The third-order valence-corrected chi connectivity index (χ3v) is 2.40. The smallest absolute Gasteiger partial charge is 0.255 e. The van der Waals surface area contributed by atoms with E-state index in [1.54, 1.807) is 7.11 Å². The van der Waals surface area contributed by atoms with Gasteiger partial charge in [0, 0.05) is 26.8 Å². The maximum Gasteiger partial charge on any atom is 0.255 e. The molecule has 18 heavy (non-hydrogen) atoms. The van der Waals surface area contributed by atoms with E-state index in [4.69, 9.17) is 14.6 Å².